The maximum Gasteiger partial charge on any atom is 0.303 e. The van der Waals surface area contributed by atoms with Crippen molar-refractivity contribution < 1.29 is 18.7 Å². The Morgan fingerprint density at radius 2 is 1.85 bits per heavy atom. The first-order valence-corrected chi connectivity index (χ1v) is 11.7. The number of rotatable bonds is 4. The second-order valence-corrected chi connectivity index (χ2v) is 9.11. The fourth-order valence-corrected chi connectivity index (χ4v) is 5.21. The monoisotopic (exact) mass is 485 g/mol. The number of anilines is 1. The number of esters is 1. The average molecular weight is 486 g/mol. The lowest BCUT2D eigenvalue weighted by Crippen LogP contribution is -2.23. The normalized spacial score (nSPS) is 17.7. The van der Waals surface area contributed by atoms with E-state index in [1.54, 1.807) is 18.2 Å². The van der Waals surface area contributed by atoms with Gasteiger partial charge >= 0.3 is 5.97 Å². The Kier molecular flexibility index (Phi) is 5.94. The van der Waals surface area contributed by atoms with Crippen LogP contribution in [0, 0.1) is 5.82 Å². The number of nitrogens with zero attached hydrogens (tertiary/aromatic N) is 1. The summed E-state index contributed by atoms with van der Waals surface area (Å²) >= 11 is 12.9. The Bertz CT molecular complexity index is 1230. The van der Waals surface area contributed by atoms with E-state index < -0.39 is 23.8 Å². The fourth-order valence-electron chi connectivity index (χ4n) is 4.75. The van der Waals surface area contributed by atoms with Crippen LogP contribution in [0.25, 0.3) is 0 Å². The van der Waals surface area contributed by atoms with Gasteiger partial charge in [-0.2, -0.15) is 0 Å². The molecule has 2 aliphatic heterocycles. The summed E-state index contributed by atoms with van der Waals surface area (Å²) in [6.07, 6.45) is 1.44. The molecule has 3 aromatic carbocycles. The number of para-hydroxylation sites is 1. The lowest BCUT2D eigenvalue weighted by atomic mass is 9.81. The number of hydrogen-bond donors (Lipinski definition) is 0. The van der Waals surface area contributed by atoms with Crippen molar-refractivity contribution in [3.8, 4) is 11.5 Å². The largest absolute Gasteiger partial charge is 0.457 e. The highest BCUT2D eigenvalue weighted by Crippen LogP contribution is 2.54. The third-order valence-corrected chi connectivity index (χ3v) is 6.93. The van der Waals surface area contributed by atoms with Crippen LogP contribution in [0.1, 0.15) is 48.5 Å². The van der Waals surface area contributed by atoms with Gasteiger partial charge in [-0.25, -0.2) is 4.39 Å². The van der Waals surface area contributed by atoms with Crippen LogP contribution < -0.4 is 9.64 Å². The maximum atomic E-state index is 14.4. The Morgan fingerprint density at radius 1 is 1.09 bits per heavy atom. The average Bonchev–Trinajstić information content (AvgIpc) is 3.33. The number of carbonyl (C=O) groups is 1. The SMILES string of the molecule is CC(=O)OC(c1cccc(F)c1Cl)C1c2ccc(N3CCCC3)cc2Oc2c(Cl)cccc21. The van der Waals surface area contributed by atoms with Gasteiger partial charge in [0.2, 0.25) is 0 Å². The van der Waals surface area contributed by atoms with Crippen LogP contribution in [-0.2, 0) is 9.53 Å². The van der Waals surface area contributed by atoms with Gasteiger partial charge in [-0.1, -0.05) is 53.5 Å². The molecule has 0 aromatic heterocycles. The molecule has 2 atom stereocenters. The molecule has 7 heteroatoms. The molecule has 3 aromatic rings. The molecule has 1 fully saturated rings. The van der Waals surface area contributed by atoms with Gasteiger partial charge in [0.15, 0.2) is 0 Å². The summed E-state index contributed by atoms with van der Waals surface area (Å²) in [5.74, 6) is -0.423. The van der Waals surface area contributed by atoms with Crippen molar-refractivity contribution in [3.05, 3.63) is 87.2 Å². The van der Waals surface area contributed by atoms with Crippen LogP contribution in [0.4, 0.5) is 10.1 Å². The predicted molar refractivity (Wildman–Crippen MR) is 127 cm³/mol. The van der Waals surface area contributed by atoms with E-state index in [1.165, 1.54) is 13.0 Å². The Balaban J connectivity index is 1.70. The first-order chi connectivity index (χ1) is 15.9. The highest BCUT2D eigenvalue weighted by molar-refractivity contribution is 6.32. The molecule has 33 heavy (non-hydrogen) atoms. The molecule has 2 heterocycles. The smallest absolute Gasteiger partial charge is 0.303 e. The number of ether oxygens (including phenoxy) is 2. The van der Waals surface area contributed by atoms with Crippen molar-refractivity contribution in [1.29, 1.82) is 0 Å². The van der Waals surface area contributed by atoms with Crippen LogP contribution >= 0.6 is 23.2 Å². The Morgan fingerprint density at radius 3 is 2.61 bits per heavy atom. The maximum absolute atomic E-state index is 14.4. The minimum Gasteiger partial charge on any atom is -0.457 e. The van der Waals surface area contributed by atoms with Crippen LogP contribution in [0.15, 0.2) is 54.6 Å². The van der Waals surface area contributed by atoms with E-state index in [2.05, 4.69) is 4.90 Å². The molecule has 4 nitrogen and oxygen atoms in total. The van der Waals surface area contributed by atoms with E-state index >= 15 is 0 Å². The van der Waals surface area contributed by atoms with Crippen molar-refractivity contribution >= 4 is 34.9 Å². The van der Waals surface area contributed by atoms with Crippen LogP contribution in [0.2, 0.25) is 10.0 Å². The summed E-state index contributed by atoms with van der Waals surface area (Å²) < 4.78 is 26.5. The standard InChI is InChI=1S/C26H22Cl2FNO3/c1-15(31)32-26(19-7-5-9-21(29)24(19)28)23-17-11-10-16(30-12-2-3-13-30)14-22(17)33-25-18(23)6-4-8-20(25)27/h4-11,14,23,26H,2-3,12-13H2,1H3. The summed E-state index contributed by atoms with van der Waals surface area (Å²) in [4.78, 5) is 14.5. The summed E-state index contributed by atoms with van der Waals surface area (Å²) in [5, 5.41) is 0.371. The number of halogens is 3. The van der Waals surface area contributed by atoms with Gasteiger partial charge in [0.05, 0.1) is 16.0 Å². The van der Waals surface area contributed by atoms with Gasteiger partial charge in [0.25, 0.3) is 0 Å². The predicted octanol–water partition coefficient (Wildman–Crippen LogP) is 7.27. The molecule has 0 spiro atoms. The van der Waals surface area contributed by atoms with Crippen molar-refractivity contribution in [2.24, 2.45) is 0 Å². The topological polar surface area (TPSA) is 38.8 Å². The highest BCUT2D eigenvalue weighted by Gasteiger charge is 2.39. The van der Waals surface area contributed by atoms with Crippen molar-refractivity contribution in [2.75, 3.05) is 18.0 Å². The van der Waals surface area contributed by atoms with Crippen LogP contribution in [-0.4, -0.2) is 19.1 Å². The van der Waals surface area contributed by atoms with E-state index in [0.29, 0.717) is 22.1 Å². The van der Waals surface area contributed by atoms with Gasteiger partial charge in [-0.3, -0.25) is 4.79 Å². The highest BCUT2D eigenvalue weighted by atomic mass is 35.5. The molecule has 0 bridgehead atoms. The van der Waals surface area contributed by atoms with E-state index in [0.717, 1.165) is 42.7 Å². The van der Waals surface area contributed by atoms with Crippen LogP contribution in [0.3, 0.4) is 0 Å². The molecule has 0 saturated carbocycles. The van der Waals surface area contributed by atoms with Gasteiger partial charge in [0.1, 0.15) is 23.4 Å². The number of carbonyl (C=O) groups excluding carboxylic acids is 1. The third-order valence-electron chi connectivity index (χ3n) is 6.23. The molecule has 0 radical (unpaired) electrons. The number of fused-ring (bicyclic) bond motifs is 2. The van der Waals surface area contributed by atoms with Crippen molar-refractivity contribution in [2.45, 2.75) is 31.8 Å². The van der Waals surface area contributed by atoms with Gasteiger partial charge in [-0.05, 0) is 31.0 Å². The lowest BCUT2D eigenvalue weighted by molar-refractivity contribution is -0.147. The Labute approximate surface area is 201 Å². The molecule has 5 rings (SSSR count). The molecular weight excluding hydrogens is 464 g/mol. The molecule has 0 aliphatic carbocycles. The zero-order valence-electron chi connectivity index (χ0n) is 18.0. The fraction of sp³-hybridized carbons (Fsp3) is 0.269. The third kappa shape index (κ3) is 4.04. The van der Waals surface area contributed by atoms with Crippen molar-refractivity contribution in [3.63, 3.8) is 0 Å². The molecule has 2 unspecified atom stereocenters. The minimum atomic E-state index is -0.872. The molecular formula is C26H22Cl2FNO3. The quantitative estimate of drug-likeness (QED) is 0.364. The zero-order valence-corrected chi connectivity index (χ0v) is 19.5. The first kappa shape index (κ1) is 22.1. The number of hydrogen-bond acceptors (Lipinski definition) is 4. The van der Waals surface area contributed by atoms with E-state index in [1.807, 2.05) is 30.3 Å². The van der Waals surface area contributed by atoms with Gasteiger partial charge < -0.3 is 14.4 Å². The second kappa shape index (κ2) is 8.88. The summed E-state index contributed by atoms with van der Waals surface area (Å²) in [6, 6.07) is 16.0. The molecule has 1 saturated heterocycles. The second-order valence-electron chi connectivity index (χ2n) is 8.33. The number of benzene rings is 3. The Hall–Kier alpha value is -2.76. The van der Waals surface area contributed by atoms with E-state index in [9.17, 15) is 9.18 Å². The molecule has 0 N–H and O–H groups in total. The summed E-state index contributed by atoms with van der Waals surface area (Å²) in [5.41, 5.74) is 3.02. The zero-order chi connectivity index (χ0) is 23.1. The lowest BCUT2D eigenvalue weighted by Gasteiger charge is -2.35. The minimum absolute atomic E-state index is 0.0749. The van der Waals surface area contributed by atoms with Crippen LogP contribution in [0.5, 0.6) is 11.5 Å². The molecule has 0 amide bonds. The summed E-state index contributed by atoms with van der Waals surface area (Å²) in [7, 11) is 0. The van der Waals surface area contributed by atoms with E-state index in [-0.39, 0.29) is 5.02 Å². The first-order valence-electron chi connectivity index (χ1n) is 10.9. The van der Waals surface area contributed by atoms with Gasteiger partial charge in [-0.15, -0.1) is 0 Å². The van der Waals surface area contributed by atoms with Crippen molar-refractivity contribution in [1.82, 2.24) is 0 Å². The van der Waals surface area contributed by atoms with E-state index in [4.69, 9.17) is 32.7 Å². The van der Waals surface area contributed by atoms with Gasteiger partial charge in [0, 0.05) is 48.5 Å². The summed E-state index contributed by atoms with van der Waals surface area (Å²) in [6.45, 7) is 3.32. The molecule has 2 aliphatic rings. The molecule has 170 valence electrons.